The molecule has 0 aliphatic rings. The Balaban J connectivity index is 1.09. The van der Waals surface area contributed by atoms with E-state index in [0.29, 0.717) is 5.92 Å². The van der Waals surface area contributed by atoms with E-state index in [0.717, 1.165) is 6.42 Å². The lowest BCUT2D eigenvalue weighted by atomic mass is 9.86. The van der Waals surface area contributed by atoms with Crippen molar-refractivity contribution in [3.05, 3.63) is 193 Å². The second-order valence-electron chi connectivity index (χ2n) is 19.5. The molecule has 0 aliphatic heterocycles. The van der Waals surface area contributed by atoms with Crippen LogP contribution in [-0.4, -0.2) is 9.13 Å². The summed E-state index contributed by atoms with van der Waals surface area (Å²) in [6.45, 7) is 18.2. The molecule has 0 saturated heterocycles. The summed E-state index contributed by atoms with van der Waals surface area (Å²) in [5.41, 5.74) is 18.9. The zero-order valence-electron chi connectivity index (χ0n) is 37.4. The molecule has 0 amide bonds. The van der Waals surface area contributed by atoms with Crippen LogP contribution >= 0.6 is 0 Å². The van der Waals surface area contributed by atoms with Crippen LogP contribution < -0.4 is 0 Å². The van der Waals surface area contributed by atoms with Crippen molar-refractivity contribution in [1.29, 1.82) is 0 Å². The fourth-order valence-electron chi connectivity index (χ4n) is 9.45. The van der Waals surface area contributed by atoms with E-state index in [4.69, 9.17) is 0 Å². The summed E-state index contributed by atoms with van der Waals surface area (Å²) in [4.78, 5) is 0. The minimum atomic E-state index is 0.119. The highest BCUT2D eigenvalue weighted by atomic mass is 15.0. The number of hydrogen-bond acceptors (Lipinski definition) is 0. The molecule has 0 aliphatic carbocycles. The summed E-state index contributed by atoms with van der Waals surface area (Å²) >= 11 is 0. The van der Waals surface area contributed by atoms with Crippen molar-refractivity contribution < 1.29 is 0 Å². The topological polar surface area (TPSA) is 9.86 Å². The summed E-state index contributed by atoms with van der Waals surface area (Å²) in [5.74, 6) is 0.481. The molecule has 0 N–H and O–H groups in total. The molecule has 10 aromatic rings. The van der Waals surface area contributed by atoms with E-state index in [1.165, 1.54) is 105 Å². The van der Waals surface area contributed by atoms with Crippen LogP contribution in [0.25, 0.3) is 88.4 Å². The lowest BCUT2D eigenvalue weighted by Gasteiger charge is -2.19. The third-order valence-electron chi connectivity index (χ3n) is 13.4. The zero-order chi connectivity index (χ0) is 42.9. The van der Waals surface area contributed by atoms with E-state index < -0.39 is 0 Å². The molecule has 0 radical (unpaired) electrons. The summed E-state index contributed by atoms with van der Waals surface area (Å²) in [7, 11) is 0. The van der Waals surface area contributed by atoms with Crippen LogP contribution in [0.4, 0.5) is 0 Å². The first kappa shape index (κ1) is 39.5. The predicted molar refractivity (Wildman–Crippen MR) is 268 cm³/mol. The first-order valence-electron chi connectivity index (χ1n) is 22.4. The number of nitrogens with zero attached hydrogens (tertiary/aromatic N) is 2. The average Bonchev–Trinajstić information content (AvgIpc) is 3.80. The van der Waals surface area contributed by atoms with E-state index in [9.17, 15) is 0 Å². The predicted octanol–water partition coefficient (Wildman–Crippen LogP) is 17.0. The molecular formula is C60H56N2. The van der Waals surface area contributed by atoms with Gasteiger partial charge < -0.3 is 9.13 Å². The molecule has 2 aromatic heterocycles. The lowest BCUT2D eigenvalue weighted by molar-refractivity contribution is 0.590. The minimum Gasteiger partial charge on any atom is -0.309 e. The van der Waals surface area contributed by atoms with Gasteiger partial charge in [0.15, 0.2) is 0 Å². The summed E-state index contributed by atoms with van der Waals surface area (Å²) in [6.07, 6.45) is 1.11. The molecule has 8 aromatic carbocycles. The molecule has 0 spiro atoms. The Bertz CT molecular complexity index is 3280. The summed E-state index contributed by atoms with van der Waals surface area (Å²) in [5, 5.41) is 5.09. The number of rotatable bonds is 7. The number of fused-ring (bicyclic) bond motifs is 6. The maximum atomic E-state index is 2.46. The number of benzene rings is 8. The number of hydrogen-bond donors (Lipinski definition) is 0. The van der Waals surface area contributed by atoms with Crippen molar-refractivity contribution in [2.45, 2.75) is 78.6 Å². The van der Waals surface area contributed by atoms with E-state index in [2.05, 4.69) is 240 Å². The Morgan fingerprint density at radius 3 is 1.26 bits per heavy atom. The molecule has 2 heteroatoms. The van der Waals surface area contributed by atoms with Crippen molar-refractivity contribution in [1.82, 2.24) is 9.13 Å². The Hall–Kier alpha value is -6.64. The normalized spacial score (nSPS) is 12.8. The molecule has 0 bridgehead atoms. The van der Waals surface area contributed by atoms with Gasteiger partial charge in [-0.1, -0.05) is 165 Å². The van der Waals surface area contributed by atoms with E-state index in [1.807, 2.05) is 0 Å². The lowest BCUT2D eigenvalue weighted by Crippen LogP contribution is -2.10. The van der Waals surface area contributed by atoms with Gasteiger partial charge in [0.1, 0.15) is 0 Å². The number of para-hydroxylation sites is 1. The van der Waals surface area contributed by atoms with Gasteiger partial charge in [0, 0.05) is 32.9 Å². The fourth-order valence-corrected chi connectivity index (χ4v) is 9.45. The minimum absolute atomic E-state index is 0.119. The van der Waals surface area contributed by atoms with Gasteiger partial charge in [0.25, 0.3) is 0 Å². The average molecular weight is 805 g/mol. The monoisotopic (exact) mass is 804 g/mol. The van der Waals surface area contributed by atoms with E-state index in [-0.39, 0.29) is 10.8 Å². The fraction of sp³-hybridized carbons (Fsp3) is 0.200. The SMILES string of the molecule is CCC(C)c1ccc2c(c1)c1cc(-c3ccc4c(c3)c3ccccc3n4-c3cccc(-c4ccc(C(C)(C)C)cc4)c3)ccc1n2-c1cccc(-c2ccc(C(C)(C)C)cc2)c1. The van der Waals surface area contributed by atoms with Crippen molar-refractivity contribution in [2.75, 3.05) is 0 Å². The standard InChI is InChI=1S/C60H56N2/c1-9-39(2)42-24-31-57-53(36-42)54-38-46(26-33-58(54)62(57)50-17-13-15-44(35-50)41-22-29-48(30-23-41)60(6,7)8)45-25-32-56-52(37-45)51-18-10-11-19-55(51)61(56)49-16-12-14-43(34-49)40-20-27-47(28-21-40)59(3,4)5/h10-39H,9H2,1-8H3. The Kier molecular flexibility index (Phi) is 9.60. The second kappa shape index (κ2) is 15.1. The molecule has 62 heavy (non-hydrogen) atoms. The quantitative estimate of drug-likeness (QED) is 0.152. The summed E-state index contributed by atoms with van der Waals surface area (Å²) in [6, 6.07) is 66.3. The van der Waals surface area contributed by atoms with Crippen molar-refractivity contribution in [3.8, 4) is 44.8 Å². The zero-order valence-corrected chi connectivity index (χ0v) is 37.4. The third-order valence-corrected chi connectivity index (χ3v) is 13.4. The molecule has 1 atom stereocenters. The van der Waals surface area contributed by atoms with Crippen LogP contribution in [0.15, 0.2) is 176 Å². The molecule has 306 valence electrons. The molecule has 0 saturated carbocycles. The molecular weight excluding hydrogens is 749 g/mol. The maximum absolute atomic E-state index is 2.46. The van der Waals surface area contributed by atoms with Gasteiger partial charge in [-0.2, -0.15) is 0 Å². The van der Waals surface area contributed by atoms with Crippen molar-refractivity contribution >= 4 is 43.6 Å². The largest absolute Gasteiger partial charge is 0.309 e. The van der Waals surface area contributed by atoms with Crippen LogP contribution in [0, 0.1) is 0 Å². The Morgan fingerprint density at radius 2 is 0.774 bits per heavy atom. The van der Waals surface area contributed by atoms with Crippen LogP contribution in [0.5, 0.6) is 0 Å². The van der Waals surface area contributed by atoms with Crippen LogP contribution in [0.3, 0.4) is 0 Å². The van der Waals surface area contributed by atoms with Gasteiger partial charge in [-0.05, 0) is 140 Å². The Morgan fingerprint density at radius 1 is 0.371 bits per heavy atom. The first-order valence-corrected chi connectivity index (χ1v) is 22.4. The van der Waals surface area contributed by atoms with Gasteiger partial charge in [0.2, 0.25) is 0 Å². The van der Waals surface area contributed by atoms with Crippen LogP contribution in [0.1, 0.15) is 84.4 Å². The Labute approximate surface area is 367 Å². The summed E-state index contributed by atoms with van der Waals surface area (Å²) < 4.78 is 4.90. The highest BCUT2D eigenvalue weighted by Gasteiger charge is 2.19. The van der Waals surface area contributed by atoms with Gasteiger partial charge in [-0.25, -0.2) is 0 Å². The molecule has 2 nitrogen and oxygen atoms in total. The first-order chi connectivity index (χ1) is 29.9. The molecule has 10 rings (SSSR count). The van der Waals surface area contributed by atoms with Crippen LogP contribution in [0.2, 0.25) is 0 Å². The van der Waals surface area contributed by atoms with Gasteiger partial charge in [-0.15, -0.1) is 0 Å². The molecule has 0 fully saturated rings. The van der Waals surface area contributed by atoms with Gasteiger partial charge in [-0.3, -0.25) is 0 Å². The van der Waals surface area contributed by atoms with Crippen LogP contribution in [-0.2, 0) is 10.8 Å². The van der Waals surface area contributed by atoms with Crippen molar-refractivity contribution in [2.24, 2.45) is 0 Å². The third kappa shape index (κ3) is 6.92. The molecule has 2 heterocycles. The smallest absolute Gasteiger partial charge is 0.0541 e. The van der Waals surface area contributed by atoms with Crippen molar-refractivity contribution in [3.63, 3.8) is 0 Å². The highest BCUT2D eigenvalue weighted by Crippen LogP contribution is 2.40. The van der Waals surface area contributed by atoms with Gasteiger partial charge >= 0.3 is 0 Å². The molecule has 1 unspecified atom stereocenters. The van der Waals surface area contributed by atoms with Gasteiger partial charge in [0.05, 0.1) is 22.1 Å². The van der Waals surface area contributed by atoms with E-state index >= 15 is 0 Å². The second-order valence-corrected chi connectivity index (χ2v) is 19.5. The number of aromatic nitrogens is 2. The van der Waals surface area contributed by atoms with E-state index in [1.54, 1.807) is 0 Å². The highest BCUT2D eigenvalue weighted by molar-refractivity contribution is 6.13. The maximum Gasteiger partial charge on any atom is 0.0541 e.